The molecule has 0 saturated carbocycles. The van der Waals surface area contributed by atoms with E-state index in [-0.39, 0.29) is 5.28 Å². The molecule has 3 aromatic rings. The van der Waals surface area contributed by atoms with Crippen LogP contribution in [-0.2, 0) is 0 Å². The molecular formula is C12H7ClN2O2. The fraction of sp³-hybridized carbons (Fsp3) is 0. The maximum absolute atomic E-state index is 5.90. The van der Waals surface area contributed by atoms with E-state index in [1.54, 1.807) is 25.1 Å². The third-order valence-electron chi connectivity index (χ3n) is 2.33. The SMILES string of the molecule is Clc1nc(-c2ccoc2)cc(-c2ccoc2)n1. The fourth-order valence-corrected chi connectivity index (χ4v) is 1.72. The first-order chi connectivity index (χ1) is 8.33. The van der Waals surface area contributed by atoms with Crippen LogP contribution in [0, 0.1) is 0 Å². The third kappa shape index (κ3) is 1.94. The first-order valence-corrected chi connectivity index (χ1v) is 5.30. The highest BCUT2D eigenvalue weighted by Crippen LogP contribution is 2.25. The van der Waals surface area contributed by atoms with Gasteiger partial charge in [-0.3, -0.25) is 0 Å². The summed E-state index contributed by atoms with van der Waals surface area (Å²) in [6.45, 7) is 0. The van der Waals surface area contributed by atoms with Crippen LogP contribution >= 0.6 is 11.6 Å². The standard InChI is InChI=1S/C12H7ClN2O2/c13-12-14-10(8-1-3-16-6-8)5-11(15-12)9-2-4-17-7-9/h1-7H. The highest BCUT2D eigenvalue weighted by Gasteiger charge is 2.08. The Hall–Kier alpha value is -2.07. The molecule has 0 bridgehead atoms. The Labute approximate surface area is 102 Å². The minimum Gasteiger partial charge on any atom is -0.472 e. The van der Waals surface area contributed by atoms with E-state index >= 15 is 0 Å². The topological polar surface area (TPSA) is 52.1 Å². The maximum atomic E-state index is 5.90. The third-order valence-corrected chi connectivity index (χ3v) is 2.50. The van der Waals surface area contributed by atoms with Gasteiger partial charge in [0, 0.05) is 11.1 Å². The van der Waals surface area contributed by atoms with Crippen molar-refractivity contribution < 1.29 is 8.83 Å². The normalized spacial score (nSPS) is 10.6. The largest absolute Gasteiger partial charge is 0.472 e. The van der Waals surface area contributed by atoms with Gasteiger partial charge in [-0.2, -0.15) is 0 Å². The van der Waals surface area contributed by atoms with Crippen LogP contribution in [-0.4, -0.2) is 9.97 Å². The first-order valence-electron chi connectivity index (χ1n) is 4.92. The van der Waals surface area contributed by atoms with E-state index in [1.165, 1.54) is 0 Å². The molecule has 84 valence electrons. The number of rotatable bonds is 2. The minimum atomic E-state index is 0.194. The monoisotopic (exact) mass is 246 g/mol. The van der Waals surface area contributed by atoms with Crippen LogP contribution in [0.2, 0.25) is 5.28 Å². The number of hydrogen-bond acceptors (Lipinski definition) is 4. The lowest BCUT2D eigenvalue weighted by atomic mass is 10.1. The summed E-state index contributed by atoms with van der Waals surface area (Å²) < 4.78 is 10.0. The van der Waals surface area contributed by atoms with Crippen molar-refractivity contribution in [2.24, 2.45) is 0 Å². The molecule has 0 saturated heterocycles. The van der Waals surface area contributed by atoms with Crippen molar-refractivity contribution >= 4 is 11.6 Å². The van der Waals surface area contributed by atoms with E-state index in [9.17, 15) is 0 Å². The molecule has 3 rings (SSSR count). The zero-order valence-corrected chi connectivity index (χ0v) is 9.39. The van der Waals surface area contributed by atoms with Crippen molar-refractivity contribution in [2.75, 3.05) is 0 Å². The maximum Gasteiger partial charge on any atom is 0.223 e. The van der Waals surface area contributed by atoms with Crippen molar-refractivity contribution in [1.82, 2.24) is 9.97 Å². The van der Waals surface area contributed by atoms with Gasteiger partial charge >= 0.3 is 0 Å². The van der Waals surface area contributed by atoms with Gasteiger partial charge in [-0.25, -0.2) is 9.97 Å². The molecule has 0 unspecified atom stereocenters. The summed E-state index contributed by atoms with van der Waals surface area (Å²) in [5, 5.41) is 0.194. The number of halogens is 1. The van der Waals surface area contributed by atoms with E-state index in [0.29, 0.717) is 0 Å². The van der Waals surface area contributed by atoms with Gasteiger partial charge in [0.1, 0.15) is 0 Å². The van der Waals surface area contributed by atoms with Crippen LogP contribution in [0.3, 0.4) is 0 Å². The minimum absolute atomic E-state index is 0.194. The van der Waals surface area contributed by atoms with E-state index in [0.717, 1.165) is 22.5 Å². The number of nitrogens with zero attached hydrogens (tertiary/aromatic N) is 2. The Bertz CT molecular complexity index is 566. The van der Waals surface area contributed by atoms with Crippen LogP contribution in [0.1, 0.15) is 0 Å². The Morgan fingerprint density at radius 1 is 0.882 bits per heavy atom. The average molecular weight is 247 g/mol. The Morgan fingerprint density at radius 3 is 1.82 bits per heavy atom. The average Bonchev–Trinajstić information content (AvgIpc) is 3.02. The lowest BCUT2D eigenvalue weighted by Gasteiger charge is -2.01. The van der Waals surface area contributed by atoms with Crippen molar-refractivity contribution in [3.63, 3.8) is 0 Å². The van der Waals surface area contributed by atoms with E-state index in [4.69, 9.17) is 20.4 Å². The summed E-state index contributed by atoms with van der Waals surface area (Å²) in [6.07, 6.45) is 6.39. The van der Waals surface area contributed by atoms with Crippen LogP contribution in [0.25, 0.3) is 22.5 Å². The molecule has 0 atom stereocenters. The van der Waals surface area contributed by atoms with Crippen LogP contribution in [0.5, 0.6) is 0 Å². The van der Waals surface area contributed by atoms with Gasteiger partial charge in [0.15, 0.2) is 0 Å². The molecule has 0 spiro atoms. The summed E-state index contributed by atoms with van der Waals surface area (Å²) in [7, 11) is 0. The summed E-state index contributed by atoms with van der Waals surface area (Å²) in [5.41, 5.74) is 3.16. The molecule has 0 amide bonds. The molecule has 0 aliphatic rings. The molecular weight excluding hydrogens is 240 g/mol. The van der Waals surface area contributed by atoms with Gasteiger partial charge in [0.25, 0.3) is 0 Å². The van der Waals surface area contributed by atoms with E-state index in [1.807, 2.05) is 18.2 Å². The van der Waals surface area contributed by atoms with Crippen LogP contribution < -0.4 is 0 Å². The Balaban J connectivity index is 2.13. The van der Waals surface area contributed by atoms with Crippen LogP contribution in [0.4, 0.5) is 0 Å². The number of furan rings is 2. The zero-order chi connectivity index (χ0) is 11.7. The van der Waals surface area contributed by atoms with Gasteiger partial charge in [-0.15, -0.1) is 0 Å². The van der Waals surface area contributed by atoms with Gasteiger partial charge in [-0.1, -0.05) is 0 Å². The highest BCUT2D eigenvalue weighted by atomic mass is 35.5. The van der Waals surface area contributed by atoms with Gasteiger partial charge in [0.05, 0.1) is 36.4 Å². The highest BCUT2D eigenvalue weighted by molar-refractivity contribution is 6.28. The van der Waals surface area contributed by atoms with E-state index < -0.39 is 0 Å². The van der Waals surface area contributed by atoms with Crippen molar-refractivity contribution in [2.45, 2.75) is 0 Å². The molecule has 4 nitrogen and oxygen atoms in total. The summed E-state index contributed by atoms with van der Waals surface area (Å²) in [6, 6.07) is 5.47. The predicted molar refractivity (Wildman–Crippen MR) is 62.4 cm³/mol. The number of aromatic nitrogens is 2. The predicted octanol–water partition coefficient (Wildman–Crippen LogP) is 3.65. The molecule has 0 radical (unpaired) electrons. The molecule has 3 aromatic heterocycles. The number of hydrogen-bond donors (Lipinski definition) is 0. The second-order valence-electron chi connectivity index (χ2n) is 3.43. The molecule has 0 aromatic carbocycles. The van der Waals surface area contributed by atoms with Crippen molar-refractivity contribution in [3.8, 4) is 22.5 Å². The lowest BCUT2D eigenvalue weighted by Crippen LogP contribution is -1.89. The Kier molecular flexibility index (Phi) is 2.42. The summed E-state index contributed by atoms with van der Waals surface area (Å²) >= 11 is 5.90. The molecule has 5 heteroatoms. The van der Waals surface area contributed by atoms with Crippen LogP contribution in [0.15, 0.2) is 52.1 Å². The lowest BCUT2D eigenvalue weighted by molar-refractivity contribution is 0.568. The quantitative estimate of drug-likeness (QED) is 0.648. The molecule has 0 aliphatic carbocycles. The smallest absolute Gasteiger partial charge is 0.223 e. The zero-order valence-electron chi connectivity index (χ0n) is 8.63. The van der Waals surface area contributed by atoms with Crippen molar-refractivity contribution in [3.05, 3.63) is 48.5 Å². The van der Waals surface area contributed by atoms with Gasteiger partial charge < -0.3 is 8.83 Å². The second kappa shape index (κ2) is 4.07. The van der Waals surface area contributed by atoms with Gasteiger partial charge in [-0.05, 0) is 29.8 Å². The summed E-state index contributed by atoms with van der Waals surface area (Å²) in [5.74, 6) is 0. The molecule has 0 fully saturated rings. The molecule has 17 heavy (non-hydrogen) atoms. The van der Waals surface area contributed by atoms with E-state index in [2.05, 4.69) is 9.97 Å². The molecule has 0 aliphatic heterocycles. The fourth-order valence-electron chi connectivity index (χ4n) is 1.53. The van der Waals surface area contributed by atoms with Gasteiger partial charge in [0.2, 0.25) is 5.28 Å². The molecule has 0 N–H and O–H groups in total. The first kappa shape index (κ1) is 10.1. The molecule has 3 heterocycles. The Morgan fingerprint density at radius 2 is 1.41 bits per heavy atom. The van der Waals surface area contributed by atoms with Crippen molar-refractivity contribution in [1.29, 1.82) is 0 Å². The second-order valence-corrected chi connectivity index (χ2v) is 3.77. The summed E-state index contributed by atoms with van der Waals surface area (Å²) in [4.78, 5) is 8.30.